The van der Waals surface area contributed by atoms with Gasteiger partial charge in [-0.1, -0.05) is 0 Å². The van der Waals surface area contributed by atoms with E-state index < -0.39 is 0 Å². The lowest BCUT2D eigenvalue weighted by Gasteiger charge is -2.36. The highest BCUT2D eigenvalue weighted by Crippen LogP contribution is 2.30. The Balaban J connectivity index is 2.14. The summed E-state index contributed by atoms with van der Waals surface area (Å²) >= 11 is 3.59. The van der Waals surface area contributed by atoms with Crippen LogP contribution in [0.1, 0.15) is 32.6 Å². The monoisotopic (exact) mass is 297 g/mol. The Morgan fingerprint density at radius 3 is 2.71 bits per heavy atom. The summed E-state index contributed by atoms with van der Waals surface area (Å²) in [5, 5.41) is 0. The summed E-state index contributed by atoms with van der Waals surface area (Å²) in [4.78, 5) is 6.89. The van der Waals surface area contributed by atoms with Crippen LogP contribution < -0.4 is 10.6 Å². The zero-order chi connectivity index (χ0) is 12.3. The topological polar surface area (TPSA) is 42.2 Å². The highest BCUT2D eigenvalue weighted by Gasteiger charge is 2.25. The van der Waals surface area contributed by atoms with Crippen LogP contribution in [0.15, 0.2) is 22.8 Å². The van der Waals surface area contributed by atoms with Crippen molar-refractivity contribution in [2.45, 2.75) is 44.7 Å². The molecule has 4 heteroatoms. The van der Waals surface area contributed by atoms with Crippen molar-refractivity contribution in [3.05, 3.63) is 22.8 Å². The maximum absolute atomic E-state index is 5.96. The Hall–Kier alpha value is -0.610. The molecular formula is C13H20BrN3. The van der Waals surface area contributed by atoms with Gasteiger partial charge in [0.25, 0.3) is 0 Å². The van der Waals surface area contributed by atoms with Crippen molar-refractivity contribution in [2.24, 2.45) is 5.73 Å². The molecule has 0 saturated heterocycles. The third-order valence-corrected chi connectivity index (χ3v) is 4.15. The summed E-state index contributed by atoms with van der Waals surface area (Å²) in [6, 6.07) is 5.00. The molecule has 2 rings (SSSR count). The average Bonchev–Trinajstić information content (AvgIpc) is 2.35. The quantitative estimate of drug-likeness (QED) is 0.933. The minimum Gasteiger partial charge on any atom is -0.353 e. The first-order valence-corrected chi connectivity index (χ1v) is 7.14. The number of nitrogens with two attached hydrogens (primary N) is 1. The summed E-state index contributed by atoms with van der Waals surface area (Å²) in [7, 11) is 0. The van der Waals surface area contributed by atoms with E-state index in [9.17, 15) is 0 Å². The number of nitrogens with zero attached hydrogens (tertiary/aromatic N) is 2. The summed E-state index contributed by atoms with van der Waals surface area (Å²) in [5.74, 6) is 1.07. The standard InChI is InChI=1S/C13H20BrN3/c1-2-17(11-7-5-10(15)6-8-11)13-12(14)4-3-9-16-13/h3-4,9-11H,2,5-8,15H2,1H3. The van der Waals surface area contributed by atoms with Gasteiger partial charge in [-0.25, -0.2) is 4.98 Å². The first-order chi connectivity index (χ1) is 8.22. The van der Waals surface area contributed by atoms with Crippen LogP contribution in [0.5, 0.6) is 0 Å². The Labute approximate surface area is 112 Å². The molecule has 0 radical (unpaired) electrons. The van der Waals surface area contributed by atoms with Crippen molar-refractivity contribution in [3.63, 3.8) is 0 Å². The van der Waals surface area contributed by atoms with Gasteiger partial charge in [-0.15, -0.1) is 0 Å². The fourth-order valence-electron chi connectivity index (χ4n) is 2.58. The molecule has 1 aliphatic carbocycles. The molecule has 0 spiro atoms. The van der Waals surface area contributed by atoms with Crippen LogP contribution >= 0.6 is 15.9 Å². The lowest BCUT2D eigenvalue weighted by Crippen LogP contribution is -2.41. The van der Waals surface area contributed by atoms with E-state index in [0.717, 1.165) is 29.7 Å². The van der Waals surface area contributed by atoms with Crippen LogP contribution in [0.2, 0.25) is 0 Å². The van der Waals surface area contributed by atoms with Crippen LogP contribution in [0, 0.1) is 0 Å². The molecule has 1 aromatic heterocycles. The van der Waals surface area contributed by atoms with E-state index in [-0.39, 0.29) is 0 Å². The summed E-state index contributed by atoms with van der Waals surface area (Å²) in [6.07, 6.45) is 6.48. The SMILES string of the molecule is CCN(c1ncccc1Br)C1CCC(N)CC1. The molecule has 3 nitrogen and oxygen atoms in total. The molecule has 1 fully saturated rings. The van der Waals surface area contributed by atoms with Gasteiger partial charge in [0.05, 0.1) is 4.47 Å². The van der Waals surface area contributed by atoms with Crippen molar-refractivity contribution in [3.8, 4) is 0 Å². The van der Waals surface area contributed by atoms with Crippen LogP contribution in [-0.4, -0.2) is 23.6 Å². The minimum absolute atomic E-state index is 0.400. The highest BCUT2D eigenvalue weighted by atomic mass is 79.9. The lowest BCUT2D eigenvalue weighted by molar-refractivity contribution is 0.376. The first kappa shape index (κ1) is 12.8. The fraction of sp³-hybridized carbons (Fsp3) is 0.615. The summed E-state index contributed by atoms with van der Waals surface area (Å²) in [6.45, 7) is 3.19. The molecule has 1 heterocycles. The van der Waals surface area contributed by atoms with Gasteiger partial charge in [0.15, 0.2) is 0 Å². The number of rotatable bonds is 3. The van der Waals surface area contributed by atoms with E-state index in [1.807, 2.05) is 12.3 Å². The summed E-state index contributed by atoms with van der Waals surface area (Å²) in [5.41, 5.74) is 5.96. The second kappa shape index (κ2) is 5.83. The van der Waals surface area contributed by atoms with Crippen LogP contribution in [0.4, 0.5) is 5.82 Å². The fourth-order valence-corrected chi connectivity index (χ4v) is 3.07. The van der Waals surface area contributed by atoms with E-state index in [1.54, 1.807) is 0 Å². The van der Waals surface area contributed by atoms with E-state index >= 15 is 0 Å². The molecule has 1 saturated carbocycles. The van der Waals surface area contributed by atoms with Gasteiger partial charge < -0.3 is 10.6 Å². The molecule has 0 unspecified atom stereocenters. The molecule has 0 bridgehead atoms. The van der Waals surface area contributed by atoms with E-state index in [0.29, 0.717) is 12.1 Å². The molecule has 1 aromatic rings. The van der Waals surface area contributed by atoms with Gasteiger partial charge in [-0.05, 0) is 60.7 Å². The molecule has 0 aromatic carbocycles. The Morgan fingerprint density at radius 2 is 2.12 bits per heavy atom. The number of aromatic nitrogens is 1. The predicted molar refractivity (Wildman–Crippen MR) is 75.2 cm³/mol. The number of anilines is 1. The smallest absolute Gasteiger partial charge is 0.143 e. The summed E-state index contributed by atoms with van der Waals surface area (Å²) < 4.78 is 1.08. The molecule has 17 heavy (non-hydrogen) atoms. The van der Waals surface area contributed by atoms with Gasteiger partial charge in [0.1, 0.15) is 5.82 Å². The number of pyridine rings is 1. The second-order valence-electron chi connectivity index (χ2n) is 4.66. The van der Waals surface area contributed by atoms with Crippen LogP contribution in [0.3, 0.4) is 0 Å². The molecule has 0 atom stereocenters. The largest absolute Gasteiger partial charge is 0.353 e. The van der Waals surface area contributed by atoms with Crippen molar-refractivity contribution in [1.82, 2.24) is 4.98 Å². The third-order valence-electron chi connectivity index (χ3n) is 3.53. The van der Waals surface area contributed by atoms with Gasteiger partial charge in [-0.2, -0.15) is 0 Å². The molecular weight excluding hydrogens is 278 g/mol. The van der Waals surface area contributed by atoms with Gasteiger partial charge in [-0.3, -0.25) is 0 Å². The average molecular weight is 298 g/mol. The van der Waals surface area contributed by atoms with Crippen LogP contribution in [0.25, 0.3) is 0 Å². The Morgan fingerprint density at radius 1 is 1.41 bits per heavy atom. The maximum Gasteiger partial charge on any atom is 0.143 e. The molecule has 94 valence electrons. The van der Waals surface area contributed by atoms with Gasteiger partial charge in [0.2, 0.25) is 0 Å². The van der Waals surface area contributed by atoms with E-state index in [1.165, 1.54) is 12.8 Å². The van der Waals surface area contributed by atoms with Crippen LogP contribution in [-0.2, 0) is 0 Å². The Bertz CT molecular complexity index is 361. The van der Waals surface area contributed by atoms with Crippen molar-refractivity contribution < 1.29 is 0 Å². The van der Waals surface area contributed by atoms with Gasteiger partial charge >= 0.3 is 0 Å². The zero-order valence-electron chi connectivity index (χ0n) is 10.3. The Kier molecular flexibility index (Phi) is 4.40. The lowest BCUT2D eigenvalue weighted by atomic mass is 9.90. The first-order valence-electron chi connectivity index (χ1n) is 6.35. The molecule has 0 amide bonds. The zero-order valence-corrected chi connectivity index (χ0v) is 11.9. The van der Waals surface area contributed by atoms with E-state index in [4.69, 9.17) is 5.73 Å². The van der Waals surface area contributed by atoms with Crippen molar-refractivity contribution in [1.29, 1.82) is 0 Å². The molecule has 1 aliphatic rings. The second-order valence-corrected chi connectivity index (χ2v) is 5.52. The highest BCUT2D eigenvalue weighted by molar-refractivity contribution is 9.10. The normalized spacial score (nSPS) is 24.6. The third kappa shape index (κ3) is 2.99. The number of hydrogen-bond donors (Lipinski definition) is 1. The number of hydrogen-bond acceptors (Lipinski definition) is 3. The van der Waals surface area contributed by atoms with Gasteiger partial charge in [0, 0.05) is 24.8 Å². The predicted octanol–water partition coefficient (Wildman–Crippen LogP) is 2.94. The molecule has 0 aliphatic heterocycles. The van der Waals surface area contributed by atoms with Crippen molar-refractivity contribution in [2.75, 3.05) is 11.4 Å². The maximum atomic E-state index is 5.96. The number of halogens is 1. The van der Waals surface area contributed by atoms with Crippen molar-refractivity contribution >= 4 is 21.7 Å². The molecule has 2 N–H and O–H groups in total. The van der Waals surface area contributed by atoms with E-state index in [2.05, 4.69) is 38.8 Å². The minimum atomic E-state index is 0.400.